The van der Waals surface area contributed by atoms with Crippen LogP contribution in [0.15, 0.2) is 24.3 Å². The first-order chi connectivity index (χ1) is 12.2. The second-order valence-corrected chi connectivity index (χ2v) is 6.37. The van der Waals surface area contributed by atoms with Gasteiger partial charge in [0.05, 0.1) is 0 Å². The average molecular weight is 371 g/mol. The zero-order valence-electron chi connectivity index (χ0n) is 13.9. The van der Waals surface area contributed by atoms with E-state index in [2.05, 4.69) is 15.4 Å². The molecule has 0 radical (unpaired) electrons. The van der Waals surface area contributed by atoms with Crippen LogP contribution in [0.1, 0.15) is 19.8 Å². The fourth-order valence-electron chi connectivity index (χ4n) is 2.75. The lowest BCUT2D eigenvalue weighted by atomic mass is 10.2. The third kappa shape index (κ3) is 4.55. The van der Waals surface area contributed by atoms with Crippen molar-refractivity contribution >= 4 is 5.91 Å². The fraction of sp³-hybridized carbons (Fsp3) is 0.500. The number of carbonyl (C=O) groups excluding carboxylic acids is 1. The molecule has 1 aliphatic carbocycles. The molecule has 1 atom stereocenters. The molecule has 0 spiro atoms. The minimum Gasteiger partial charge on any atom is -0.329 e. The van der Waals surface area contributed by atoms with Gasteiger partial charge in [-0.05, 0) is 43.0 Å². The van der Waals surface area contributed by atoms with Gasteiger partial charge in [0.1, 0.15) is 18.9 Å². The van der Waals surface area contributed by atoms with Gasteiger partial charge in [-0.1, -0.05) is 12.1 Å². The second kappa shape index (κ2) is 7.00. The molecule has 0 N–H and O–H groups in total. The van der Waals surface area contributed by atoms with Crippen LogP contribution in [0.4, 0.5) is 17.6 Å². The third-order valence-electron chi connectivity index (χ3n) is 4.28. The number of rotatable bonds is 6. The lowest BCUT2D eigenvalue weighted by Crippen LogP contribution is -2.47. The summed E-state index contributed by atoms with van der Waals surface area (Å²) in [5, 5.41) is 11.4. The number of alkyl halides is 3. The summed E-state index contributed by atoms with van der Waals surface area (Å²) in [6, 6.07) is 4.99. The number of halogens is 4. The van der Waals surface area contributed by atoms with E-state index in [1.165, 1.54) is 18.2 Å². The third-order valence-corrected chi connectivity index (χ3v) is 4.28. The lowest BCUT2D eigenvalue weighted by molar-refractivity contribution is -0.166. The first kappa shape index (κ1) is 18.3. The summed E-state index contributed by atoms with van der Waals surface area (Å²) in [4.78, 5) is 14.1. The Balaban J connectivity index is 1.73. The normalized spacial score (nSPS) is 15.7. The van der Waals surface area contributed by atoms with Gasteiger partial charge < -0.3 is 4.90 Å². The van der Waals surface area contributed by atoms with E-state index in [4.69, 9.17) is 0 Å². The molecular weight excluding hydrogens is 354 g/mol. The number of aromatic nitrogens is 4. The van der Waals surface area contributed by atoms with Gasteiger partial charge in [0.25, 0.3) is 0 Å². The molecule has 1 aromatic heterocycles. The van der Waals surface area contributed by atoms with Crippen LogP contribution >= 0.6 is 0 Å². The van der Waals surface area contributed by atoms with Crippen molar-refractivity contribution in [3.8, 4) is 11.4 Å². The van der Waals surface area contributed by atoms with Gasteiger partial charge in [0.15, 0.2) is 0 Å². The van der Waals surface area contributed by atoms with Crippen molar-refractivity contribution in [2.75, 3.05) is 6.54 Å². The maximum absolute atomic E-state index is 13.3. The van der Waals surface area contributed by atoms with E-state index < -0.39 is 37.0 Å². The summed E-state index contributed by atoms with van der Waals surface area (Å²) in [6.07, 6.45) is -2.86. The van der Waals surface area contributed by atoms with Crippen molar-refractivity contribution in [2.45, 2.75) is 38.5 Å². The molecule has 0 saturated heterocycles. The number of hydrogen-bond acceptors (Lipinski definition) is 4. The Morgan fingerprint density at radius 2 is 2.12 bits per heavy atom. The zero-order valence-corrected chi connectivity index (χ0v) is 13.9. The van der Waals surface area contributed by atoms with Crippen LogP contribution in [0, 0.1) is 11.7 Å². The van der Waals surface area contributed by atoms with E-state index in [0.29, 0.717) is 5.56 Å². The number of carbonyl (C=O) groups is 1. The van der Waals surface area contributed by atoms with Gasteiger partial charge in [0.2, 0.25) is 11.7 Å². The highest BCUT2D eigenvalue weighted by atomic mass is 19.4. The minimum absolute atomic E-state index is 0.0906. The van der Waals surface area contributed by atoms with Crippen LogP contribution in [0.5, 0.6) is 0 Å². The van der Waals surface area contributed by atoms with Crippen LogP contribution in [0.25, 0.3) is 11.4 Å². The van der Waals surface area contributed by atoms with Gasteiger partial charge in [-0.2, -0.15) is 18.0 Å². The standard InChI is InChI=1S/C16H17F4N5O/c1-10(11-5-6-11)24(9-16(18,19)20)14(26)8-25-22-15(21-23-25)12-3-2-4-13(17)7-12/h2-4,7,10-11H,5-6,8-9H2,1H3/t10-/m1/s1. The summed E-state index contributed by atoms with van der Waals surface area (Å²) in [5.74, 6) is -1.03. The van der Waals surface area contributed by atoms with Crippen molar-refractivity contribution in [1.29, 1.82) is 0 Å². The highest BCUT2D eigenvalue weighted by Gasteiger charge is 2.40. The molecule has 10 heteroatoms. The highest BCUT2D eigenvalue weighted by Crippen LogP contribution is 2.36. The Hall–Kier alpha value is -2.52. The van der Waals surface area contributed by atoms with Crippen molar-refractivity contribution in [3.05, 3.63) is 30.1 Å². The molecule has 0 unspecified atom stereocenters. The summed E-state index contributed by atoms with van der Waals surface area (Å²) in [5.41, 5.74) is 0.363. The number of tetrazole rings is 1. The van der Waals surface area contributed by atoms with Gasteiger partial charge in [-0.3, -0.25) is 4.79 Å². The zero-order chi connectivity index (χ0) is 18.9. The van der Waals surface area contributed by atoms with E-state index in [0.717, 1.165) is 22.5 Å². The molecular formula is C16H17F4N5O. The molecule has 26 heavy (non-hydrogen) atoms. The van der Waals surface area contributed by atoms with Crippen molar-refractivity contribution in [2.24, 2.45) is 5.92 Å². The fourth-order valence-corrected chi connectivity index (χ4v) is 2.75. The topological polar surface area (TPSA) is 63.9 Å². The lowest BCUT2D eigenvalue weighted by Gasteiger charge is -2.30. The van der Waals surface area contributed by atoms with Crippen molar-refractivity contribution in [3.63, 3.8) is 0 Å². The van der Waals surface area contributed by atoms with E-state index in [-0.39, 0.29) is 11.7 Å². The monoisotopic (exact) mass is 371 g/mol. The molecule has 6 nitrogen and oxygen atoms in total. The second-order valence-electron chi connectivity index (χ2n) is 6.37. The predicted molar refractivity (Wildman–Crippen MR) is 83.2 cm³/mol. The maximum Gasteiger partial charge on any atom is 0.406 e. The Morgan fingerprint density at radius 1 is 1.38 bits per heavy atom. The summed E-state index contributed by atoms with van der Waals surface area (Å²) >= 11 is 0. The van der Waals surface area contributed by atoms with Crippen LogP contribution in [-0.4, -0.2) is 49.8 Å². The SMILES string of the molecule is C[C@H](C1CC1)N(CC(F)(F)F)C(=O)Cn1nnc(-c2cccc(F)c2)n1. The minimum atomic E-state index is -4.48. The molecule has 0 bridgehead atoms. The Bertz CT molecular complexity index is 787. The molecule has 1 fully saturated rings. The number of amides is 1. The predicted octanol–water partition coefficient (Wildman–Crippen LogP) is 2.67. The molecule has 1 aliphatic rings. The largest absolute Gasteiger partial charge is 0.406 e. The van der Waals surface area contributed by atoms with Gasteiger partial charge in [-0.25, -0.2) is 4.39 Å². The van der Waals surface area contributed by atoms with Crippen molar-refractivity contribution < 1.29 is 22.4 Å². The maximum atomic E-state index is 13.3. The van der Waals surface area contributed by atoms with Crippen LogP contribution < -0.4 is 0 Å². The Kier molecular flexibility index (Phi) is 4.92. The smallest absolute Gasteiger partial charge is 0.329 e. The van der Waals surface area contributed by atoms with E-state index in [9.17, 15) is 22.4 Å². The van der Waals surface area contributed by atoms with Gasteiger partial charge in [0, 0.05) is 11.6 Å². The van der Waals surface area contributed by atoms with Crippen LogP contribution in [0.2, 0.25) is 0 Å². The number of hydrogen-bond donors (Lipinski definition) is 0. The Morgan fingerprint density at radius 3 is 2.73 bits per heavy atom. The molecule has 0 aliphatic heterocycles. The number of benzene rings is 1. The van der Waals surface area contributed by atoms with Gasteiger partial charge in [-0.15, -0.1) is 10.2 Å². The molecule has 1 aromatic carbocycles. The van der Waals surface area contributed by atoms with Crippen LogP contribution in [0.3, 0.4) is 0 Å². The molecule has 1 heterocycles. The van der Waals surface area contributed by atoms with Crippen LogP contribution in [-0.2, 0) is 11.3 Å². The van der Waals surface area contributed by atoms with Crippen molar-refractivity contribution in [1.82, 2.24) is 25.1 Å². The quantitative estimate of drug-likeness (QED) is 0.733. The average Bonchev–Trinajstić information content (AvgIpc) is 3.31. The summed E-state index contributed by atoms with van der Waals surface area (Å²) in [6.45, 7) is -0.154. The highest BCUT2D eigenvalue weighted by molar-refractivity contribution is 5.76. The first-order valence-corrected chi connectivity index (χ1v) is 8.13. The molecule has 2 aromatic rings. The van der Waals surface area contributed by atoms with Gasteiger partial charge >= 0.3 is 6.18 Å². The molecule has 3 rings (SSSR count). The van der Waals surface area contributed by atoms with E-state index in [1.54, 1.807) is 13.0 Å². The summed E-state index contributed by atoms with van der Waals surface area (Å²) in [7, 11) is 0. The first-order valence-electron chi connectivity index (χ1n) is 8.13. The Labute approximate surface area is 146 Å². The molecule has 140 valence electrons. The molecule has 1 amide bonds. The summed E-state index contributed by atoms with van der Waals surface area (Å²) < 4.78 is 51.8. The van der Waals surface area contributed by atoms with E-state index >= 15 is 0 Å². The number of nitrogens with zero attached hydrogens (tertiary/aromatic N) is 5. The molecule has 1 saturated carbocycles. The van der Waals surface area contributed by atoms with E-state index in [1.807, 2.05) is 0 Å².